The number of pyridine rings is 1. The highest BCUT2D eigenvalue weighted by atomic mass is 35.5. The third-order valence-electron chi connectivity index (χ3n) is 4.03. The Morgan fingerprint density at radius 3 is 2.86 bits per heavy atom. The number of nitrogens with one attached hydrogen (secondary N) is 1. The molecule has 146 valence electrons. The van der Waals surface area contributed by atoms with Gasteiger partial charge in [0.1, 0.15) is 0 Å². The fourth-order valence-corrected chi connectivity index (χ4v) is 3.69. The molecule has 7 nitrogen and oxygen atoms in total. The van der Waals surface area contributed by atoms with Gasteiger partial charge in [0, 0.05) is 19.3 Å². The molecule has 0 spiro atoms. The average Bonchev–Trinajstić information content (AvgIpc) is 2.69. The largest absolute Gasteiger partial charge is 0.396 e. The quantitative estimate of drug-likeness (QED) is 0.348. The third-order valence-corrected chi connectivity index (χ3v) is 5.43. The van der Waals surface area contributed by atoms with Gasteiger partial charge in [-0.25, -0.2) is 9.97 Å². The Balaban J connectivity index is 1.88. The average molecular weight is 419 g/mol. The number of anilines is 1. The lowest BCUT2D eigenvalue weighted by molar-refractivity contribution is -0.115. The predicted octanol–water partition coefficient (Wildman–Crippen LogP) is 2.95. The van der Waals surface area contributed by atoms with Crippen molar-refractivity contribution in [3.63, 3.8) is 0 Å². The zero-order valence-corrected chi connectivity index (χ0v) is 16.7. The summed E-state index contributed by atoms with van der Waals surface area (Å²) in [6.07, 6.45) is 1.95. The molecule has 0 aliphatic heterocycles. The minimum atomic E-state index is -0.537. The molecule has 0 radical (unpaired) electrons. The Labute approximate surface area is 170 Å². The molecular formula is C19H19ClN4O3S. The molecule has 2 aromatic heterocycles. The molecular weight excluding hydrogens is 400 g/mol. The number of amides is 1. The van der Waals surface area contributed by atoms with Crippen LogP contribution in [0.5, 0.6) is 0 Å². The fraction of sp³-hybridized carbons (Fsp3) is 0.263. The van der Waals surface area contributed by atoms with Crippen molar-refractivity contribution in [1.29, 1.82) is 0 Å². The zero-order valence-electron chi connectivity index (χ0n) is 15.1. The Hall–Kier alpha value is -2.42. The molecule has 0 bridgehead atoms. The number of halogens is 1. The number of aromatic nitrogens is 3. The second-order valence-electron chi connectivity index (χ2n) is 6.04. The lowest BCUT2D eigenvalue weighted by Crippen LogP contribution is -2.27. The summed E-state index contributed by atoms with van der Waals surface area (Å²) in [5.41, 5.74) is 0.799. The summed E-state index contributed by atoms with van der Waals surface area (Å²) in [6.45, 7) is 2.00. The maximum atomic E-state index is 12.8. The molecule has 2 N–H and O–H groups in total. The van der Waals surface area contributed by atoms with Crippen LogP contribution in [-0.4, -0.2) is 37.4 Å². The fourth-order valence-electron chi connectivity index (χ4n) is 2.59. The predicted molar refractivity (Wildman–Crippen MR) is 111 cm³/mol. The Kier molecular flexibility index (Phi) is 6.66. The van der Waals surface area contributed by atoms with Gasteiger partial charge in [0.05, 0.1) is 21.8 Å². The molecule has 0 fully saturated rings. The van der Waals surface area contributed by atoms with Crippen LogP contribution in [0.2, 0.25) is 5.15 Å². The van der Waals surface area contributed by atoms with Crippen molar-refractivity contribution >= 4 is 45.9 Å². The van der Waals surface area contributed by atoms with Crippen LogP contribution in [0, 0.1) is 0 Å². The van der Waals surface area contributed by atoms with E-state index in [4.69, 9.17) is 16.7 Å². The van der Waals surface area contributed by atoms with Crippen molar-refractivity contribution in [2.24, 2.45) is 0 Å². The van der Waals surface area contributed by atoms with Gasteiger partial charge >= 0.3 is 0 Å². The number of aliphatic hydroxyl groups excluding tert-OH is 1. The normalized spacial score (nSPS) is 12.1. The number of carbonyl (C=O) groups is 1. The number of hydrogen-bond donors (Lipinski definition) is 2. The molecule has 0 aliphatic carbocycles. The van der Waals surface area contributed by atoms with Gasteiger partial charge in [0.25, 0.3) is 5.56 Å². The zero-order chi connectivity index (χ0) is 20.1. The molecule has 0 saturated heterocycles. The molecule has 2 heterocycles. The van der Waals surface area contributed by atoms with Crippen molar-refractivity contribution in [3.8, 4) is 0 Å². The number of fused-ring (bicyclic) bond motifs is 1. The Bertz CT molecular complexity index is 1060. The van der Waals surface area contributed by atoms with Crippen molar-refractivity contribution < 1.29 is 9.90 Å². The van der Waals surface area contributed by atoms with Gasteiger partial charge in [-0.1, -0.05) is 35.5 Å². The number of nitrogens with zero attached hydrogens (tertiary/aromatic N) is 3. The van der Waals surface area contributed by atoms with E-state index in [9.17, 15) is 9.59 Å². The molecule has 1 amide bonds. The van der Waals surface area contributed by atoms with Crippen LogP contribution in [0.4, 0.5) is 5.69 Å². The van der Waals surface area contributed by atoms with Crippen molar-refractivity contribution in [3.05, 3.63) is 58.1 Å². The Morgan fingerprint density at radius 1 is 1.32 bits per heavy atom. The summed E-state index contributed by atoms with van der Waals surface area (Å²) in [4.78, 5) is 33.9. The second kappa shape index (κ2) is 9.18. The number of carbonyl (C=O) groups excluding carboxylic acids is 1. The summed E-state index contributed by atoms with van der Waals surface area (Å²) < 4.78 is 1.50. The van der Waals surface area contributed by atoms with Gasteiger partial charge in [-0.2, -0.15) is 0 Å². The topological polar surface area (TPSA) is 97.1 Å². The molecule has 1 aromatic carbocycles. The number of benzene rings is 1. The highest BCUT2D eigenvalue weighted by Crippen LogP contribution is 2.25. The minimum absolute atomic E-state index is 0.0427. The maximum absolute atomic E-state index is 12.8. The van der Waals surface area contributed by atoms with E-state index in [1.54, 1.807) is 37.3 Å². The first kappa shape index (κ1) is 20.3. The lowest BCUT2D eigenvalue weighted by Gasteiger charge is -2.16. The van der Waals surface area contributed by atoms with E-state index < -0.39 is 5.25 Å². The van der Waals surface area contributed by atoms with E-state index in [2.05, 4.69) is 15.3 Å². The molecule has 1 atom stereocenters. The van der Waals surface area contributed by atoms with E-state index in [0.717, 1.165) is 0 Å². The van der Waals surface area contributed by atoms with Crippen LogP contribution in [-0.2, 0) is 11.3 Å². The molecule has 1 unspecified atom stereocenters. The van der Waals surface area contributed by atoms with Gasteiger partial charge in [-0.05, 0) is 37.6 Å². The van der Waals surface area contributed by atoms with Gasteiger partial charge in [0.2, 0.25) is 5.91 Å². The van der Waals surface area contributed by atoms with Crippen molar-refractivity contribution in [2.75, 3.05) is 11.9 Å². The molecule has 0 saturated carbocycles. The molecule has 0 aliphatic rings. The van der Waals surface area contributed by atoms with E-state index in [-0.39, 0.29) is 23.2 Å². The lowest BCUT2D eigenvalue weighted by atomic mass is 10.2. The van der Waals surface area contributed by atoms with Crippen LogP contribution in [0.15, 0.2) is 52.5 Å². The van der Waals surface area contributed by atoms with Crippen molar-refractivity contribution in [2.45, 2.75) is 30.3 Å². The second-order valence-corrected chi connectivity index (χ2v) is 7.70. The first-order valence-corrected chi connectivity index (χ1v) is 9.95. The van der Waals surface area contributed by atoms with Gasteiger partial charge in [-0.15, -0.1) is 0 Å². The van der Waals surface area contributed by atoms with E-state index in [1.165, 1.54) is 22.5 Å². The number of para-hydroxylation sites is 1. The summed E-state index contributed by atoms with van der Waals surface area (Å²) in [6, 6.07) is 10.4. The molecule has 3 rings (SSSR count). The van der Waals surface area contributed by atoms with Crippen LogP contribution in [0.25, 0.3) is 10.9 Å². The minimum Gasteiger partial charge on any atom is -0.396 e. The standard InChI is InChI=1S/C19H19ClN4O3S/c1-12(17(26)22-15-8-4-9-21-16(15)20)28-19-23-14-7-3-2-6-13(14)18(27)24(19)10-5-11-25/h2-4,6-9,12,25H,5,10-11H2,1H3,(H,22,26). The summed E-state index contributed by atoms with van der Waals surface area (Å²) in [7, 11) is 0. The van der Waals surface area contributed by atoms with E-state index in [0.29, 0.717) is 34.7 Å². The van der Waals surface area contributed by atoms with Crippen molar-refractivity contribution in [1.82, 2.24) is 14.5 Å². The number of thioether (sulfide) groups is 1. The highest BCUT2D eigenvalue weighted by Gasteiger charge is 2.20. The maximum Gasteiger partial charge on any atom is 0.262 e. The number of hydrogen-bond acceptors (Lipinski definition) is 6. The van der Waals surface area contributed by atoms with E-state index in [1.807, 2.05) is 6.07 Å². The van der Waals surface area contributed by atoms with Crippen LogP contribution in [0.3, 0.4) is 0 Å². The summed E-state index contributed by atoms with van der Waals surface area (Å²) in [5, 5.41) is 12.5. The van der Waals surface area contributed by atoms with Gasteiger partial charge < -0.3 is 10.4 Å². The van der Waals surface area contributed by atoms with Crippen LogP contribution in [0.1, 0.15) is 13.3 Å². The summed E-state index contributed by atoms with van der Waals surface area (Å²) >= 11 is 7.17. The van der Waals surface area contributed by atoms with Crippen LogP contribution < -0.4 is 10.9 Å². The van der Waals surface area contributed by atoms with E-state index >= 15 is 0 Å². The monoisotopic (exact) mass is 418 g/mol. The first-order valence-electron chi connectivity index (χ1n) is 8.69. The van der Waals surface area contributed by atoms with Gasteiger partial charge in [0.15, 0.2) is 10.3 Å². The molecule has 28 heavy (non-hydrogen) atoms. The van der Waals surface area contributed by atoms with Gasteiger partial charge in [-0.3, -0.25) is 14.2 Å². The van der Waals surface area contributed by atoms with Crippen LogP contribution >= 0.6 is 23.4 Å². The summed E-state index contributed by atoms with van der Waals surface area (Å²) in [5.74, 6) is -0.281. The smallest absolute Gasteiger partial charge is 0.262 e. The number of aliphatic hydroxyl groups is 1. The number of rotatable bonds is 7. The first-order chi connectivity index (χ1) is 13.5. The molecule has 3 aromatic rings. The highest BCUT2D eigenvalue weighted by molar-refractivity contribution is 8.00. The Morgan fingerprint density at radius 2 is 2.11 bits per heavy atom. The molecule has 9 heteroatoms. The third kappa shape index (κ3) is 4.52. The SMILES string of the molecule is CC(Sc1nc2ccccc2c(=O)n1CCCO)C(=O)Nc1cccnc1Cl.